The van der Waals surface area contributed by atoms with E-state index in [-0.39, 0.29) is 0 Å². The normalized spacial score (nSPS) is 11.8. The van der Waals surface area contributed by atoms with Crippen LogP contribution in [0.1, 0.15) is 79.1 Å². The van der Waals surface area contributed by atoms with Gasteiger partial charge in [-0.25, -0.2) is 0 Å². The van der Waals surface area contributed by atoms with Gasteiger partial charge in [-0.05, 0) is 25.7 Å². The van der Waals surface area contributed by atoms with Crippen LogP contribution in [0.3, 0.4) is 0 Å². The van der Waals surface area contributed by atoms with Crippen LogP contribution in [-0.4, -0.2) is 49.0 Å². The molecule has 0 aliphatic heterocycles. The quantitative estimate of drug-likeness (QED) is 0.293. The maximum Gasteiger partial charge on any atom is 0.196 e. The van der Waals surface area contributed by atoms with Gasteiger partial charge in [-0.3, -0.25) is 4.99 Å². The Balaban J connectivity index is 4.83. The van der Waals surface area contributed by atoms with Crippen LogP contribution < -0.4 is 0 Å². The smallest absolute Gasteiger partial charge is 0.196 e. The highest BCUT2D eigenvalue weighted by atomic mass is 15.4. The highest BCUT2D eigenvalue weighted by Gasteiger charge is 2.14. The third kappa shape index (κ3) is 9.76. The molecule has 0 aromatic rings. The summed E-state index contributed by atoms with van der Waals surface area (Å²) in [5.74, 6) is 1.24. The fraction of sp³-hybridized carbons (Fsp3) is 0.944. The summed E-state index contributed by atoms with van der Waals surface area (Å²) in [5, 5.41) is 0. The highest BCUT2D eigenvalue weighted by Crippen LogP contribution is 2.06. The number of nitrogens with zero attached hydrogens (tertiary/aromatic N) is 3. The number of rotatable bonds is 12. The van der Waals surface area contributed by atoms with Crippen molar-refractivity contribution in [2.75, 3.05) is 33.2 Å². The lowest BCUT2D eigenvalue weighted by Crippen LogP contribution is -2.44. The van der Waals surface area contributed by atoms with Crippen molar-refractivity contribution >= 4 is 5.96 Å². The molecule has 3 heteroatoms. The monoisotopic (exact) mass is 297 g/mol. The molecule has 0 N–H and O–H groups in total. The Labute approximate surface area is 133 Å². The summed E-state index contributed by atoms with van der Waals surface area (Å²) in [7, 11) is 2.21. The van der Waals surface area contributed by atoms with Crippen LogP contribution in [0.15, 0.2) is 4.99 Å². The second-order valence-corrected chi connectivity index (χ2v) is 6.00. The lowest BCUT2D eigenvalue weighted by atomic mass is 10.2. The van der Waals surface area contributed by atoms with Crippen molar-refractivity contribution in [2.45, 2.75) is 79.1 Å². The van der Waals surface area contributed by atoms with Gasteiger partial charge in [0.1, 0.15) is 0 Å². The van der Waals surface area contributed by atoms with Gasteiger partial charge < -0.3 is 9.80 Å². The number of unbranched alkanes of at least 4 members (excludes halogenated alkanes) is 4. The van der Waals surface area contributed by atoms with E-state index in [0.29, 0.717) is 0 Å². The molecular formula is C18H39N3. The van der Waals surface area contributed by atoms with Gasteiger partial charge in [0.15, 0.2) is 5.96 Å². The molecule has 0 saturated heterocycles. The zero-order valence-corrected chi connectivity index (χ0v) is 15.3. The van der Waals surface area contributed by atoms with Crippen molar-refractivity contribution in [3.05, 3.63) is 0 Å². The standard InChI is InChI=1S/C18H39N3/c1-6-10-14-19-18(20(5)15-11-7-2)21(16-12-8-3)17-13-9-4/h6-17H2,1-5H3. The first-order valence-corrected chi connectivity index (χ1v) is 9.21. The molecule has 0 aliphatic rings. The van der Waals surface area contributed by atoms with Crippen LogP contribution in [0, 0.1) is 0 Å². The molecule has 0 atom stereocenters. The molecule has 0 radical (unpaired) electrons. The van der Waals surface area contributed by atoms with Crippen LogP contribution in [0.4, 0.5) is 0 Å². The van der Waals surface area contributed by atoms with E-state index in [9.17, 15) is 0 Å². The largest absolute Gasteiger partial charge is 0.346 e. The second kappa shape index (κ2) is 14.2. The molecule has 0 aromatic carbocycles. The fourth-order valence-corrected chi connectivity index (χ4v) is 2.30. The molecule has 0 saturated carbocycles. The van der Waals surface area contributed by atoms with Gasteiger partial charge in [-0.2, -0.15) is 0 Å². The van der Waals surface area contributed by atoms with Gasteiger partial charge in [0.05, 0.1) is 0 Å². The SMILES string of the molecule is CCCCN=C(N(C)CCCC)N(CCCC)CCCC. The van der Waals surface area contributed by atoms with E-state index in [2.05, 4.69) is 44.5 Å². The van der Waals surface area contributed by atoms with Gasteiger partial charge in [0, 0.05) is 33.2 Å². The van der Waals surface area contributed by atoms with Crippen molar-refractivity contribution in [2.24, 2.45) is 4.99 Å². The fourth-order valence-electron chi connectivity index (χ4n) is 2.30. The molecule has 21 heavy (non-hydrogen) atoms. The summed E-state index contributed by atoms with van der Waals surface area (Å²) in [6.45, 7) is 13.4. The van der Waals surface area contributed by atoms with Gasteiger partial charge in [0.2, 0.25) is 0 Å². The molecule has 0 aromatic heterocycles. The van der Waals surface area contributed by atoms with E-state index in [1.807, 2.05) is 0 Å². The average molecular weight is 298 g/mol. The molecule has 0 aliphatic carbocycles. The van der Waals surface area contributed by atoms with Gasteiger partial charge >= 0.3 is 0 Å². The first-order chi connectivity index (χ1) is 10.2. The number of hydrogen-bond donors (Lipinski definition) is 0. The minimum atomic E-state index is 0.969. The predicted octanol–water partition coefficient (Wildman–Crippen LogP) is 4.78. The molecular weight excluding hydrogens is 258 g/mol. The molecule has 0 fully saturated rings. The summed E-state index contributed by atoms with van der Waals surface area (Å²) in [6.07, 6.45) is 9.94. The van der Waals surface area contributed by atoms with E-state index in [4.69, 9.17) is 4.99 Å². The molecule has 3 nitrogen and oxygen atoms in total. The Hall–Kier alpha value is -0.730. The summed E-state index contributed by atoms with van der Waals surface area (Å²) in [4.78, 5) is 9.85. The number of hydrogen-bond acceptors (Lipinski definition) is 1. The number of guanidine groups is 1. The van der Waals surface area contributed by atoms with Crippen molar-refractivity contribution in [1.82, 2.24) is 9.80 Å². The second-order valence-electron chi connectivity index (χ2n) is 6.00. The van der Waals surface area contributed by atoms with Crippen molar-refractivity contribution in [3.63, 3.8) is 0 Å². The van der Waals surface area contributed by atoms with Gasteiger partial charge in [0.25, 0.3) is 0 Å². The topological polar surface area (TPSA) is 18.8 Å². The van der Waals surface area contributed by atoms with E-state index in [1.165, 1.54) is 57.3 Å². The molecule has 0 rings (SSSR count). The molecule has 0 heterocycles. The third-order valence-corrected chi connectivity index (χ3v) is 3.80. The Bertz CT molecular complexity index is 243. The van der Waals surface area contributed by atoms with Crippen LogP contribution in [0.5, 0.6) is 0 Å². The Morgan fingerprint density at radius 2 is 1.19 bits per heavy atom. The lowest BCUT2D eigenvalue weighted by Gasteiger charge is -2.32. The molecule has 0 bridgehead atoms. The van der Waals surface area contributed by atoms with E-state index in [1.54, 1.807) is 0 Å². The summed E-state index contributed by atoms with van der Waals surface area (Å²) in [5.41, 5.74) is 0. The third-order valence-electron chi connectivity index (χ3n) is 3.80. The zero-order chi connectivity index (χ0) is 15.9. The van der Waals surface area contributed by atoms with E-state index >= 15 is 0 Å². The average Bonchev–Trinajstić information content (AvgIpc) is 2.50. The van der Waals surface area contributed by atoms with Crippen LogP contribution in [0.2, 0.25) is 0 Å². The van der Waals surface area contributed by atoms with Gasteiger partial charge in [-0.1, -0.05) is 53.4 Å². The van der Waals surface area contributed by atoms with E-state index < -0.39 is 0 Å². The Morgan fingerprint density at radius 1 is 0.714 bits per heavy atom. The maximum absolute atomic E-state index is 4.94. The van der Waals surface area contributed by atoms with Crippen molar-refractivity contribution < 1.29 is 0 Å². The summed E-state index contributed by atoms with van der Waals surface area (Å²) < 4.78 is 0. The van der Waals surface area contributed by atoms with Crippen molar-refractivity contribution in [1.29, 1.82) is 0 Å². The molecule has 0 unspecified atom stereocenters. The minimum Gasteiger partial charge on any atom is -0.346 e. The highest BCUT2D eigenvalue weighted by molar-refractivity contribution is 5.80. The van der Waals surface area contributed by atoms with Crippen molar-refractivity contribution in [3.8, 4) is 0 Å². The van der Waals surface area contributed by atoms with Gasteiger partial charge in [-0.15, -0.1) is 0 Å². The molecule has 0 spiro atoms. The van der Waals surface area contributed by atoms with Crippen LogP contribution in [0.25, 0.3) is 0 Å². The maximum atomic E-state index is 4.94. The zero-order valence-electron chi connectivity index (χ0n) is 15.3. The Kier molecular flexibility index (Phi) is 13.7. The first-order valence-electron chi connectivity index (χ1n) is 9.21. The van der Waals surface area contributed by atoms with Crippen LogP contribution in [-0.2, 0) is 0 Å². The first kappa shape index (κ1) is 20.3. The summed E-state index contributed by atoms with van der Waals surface area (Å²) in [6, 6.07) is 0. The molecule has 126 valence electrons. The predicted molar refractivity (Wildman–Crippen MR) is 96.1 cm³/mol. The van der Waals surface area contributed by atoms with Crippen LogP contribution >= 0.6 is 0 Å². The lowest BCUT2D eigenvalue weighted by molar-refractivity contribution is 0.329. The number of aliphatic imine (C=N–C) groups is 1. The Morgan fingerprint density at radius 3 is 1.67 bits per heavy atom. The molecule has 0 amide bonds. The minimum absolute atomic E-state index is 0.969. The van der Waals surface area contributed by atoms with E-state index in [0.717, 1.165) is 26.2 Å². The summed E-state index contributed by atoms with van der Waals surface area (Å²) >= 11 is 0.